The van der Waals surface area contributed by atoms with Gasteiger partial charge in [-0.1, -0.05) is 6.92 Å². The lowest BCUT2D eigenvalue weighted by Crippen LogP contribution is -2.46. The van der Waals surface area contributed by atoms with Gasteiger partial charge in [-0.05, 0) is 0 Å². The molecule has 0 radical (unpaired) electrons. The molecule has 0 saturated carbocycles. The molecule has 1 aliphatic heterocycles. The minimum absolute atomic E-state index is 0.152. The molecule has 3 nitrogen and oxygen atoms in total. The number of hydrogen-bond acceptors (Lipinski definition) is 2. The fourth-order valence-electron chi connectivity index (χ4n) is 1.11. The molecule has 0 aromatic heterocycles. The normalized spacial score (nSPS) is 27.1. The highest BCUT2D eigenvalue weighted by atomic mass is 19.3. The Hall–Kier alpha value is -0.710. The van der Waals surface area contributed by atoms with Crippen molar-refractivity contribution in [2.45, 2.75) is 25.3 Å². The first-order valence-electron chi connectivity index (χ1n) is 3.94. The molecular formula is C7H12F2N2O. The van der Waals surface area contributed by atoms with Gasteiger partial charge >= 0.3 is 0 Å². The summed E-state index contributed by atoms with van der Waals surface area (Å²) in [5.41, 5.74) is 0. The second-order valence-electron chi connectivity index (χ2n) is 2.87. The van der Waals surface area contributed by atoms with Crippen molar-refractivity contribution in [3.05, 3.63) is 0 Å². The van der Waals surface area contributed by atoms with Crippen LogP contribution in [0.25, 0.3) is 0 Å². The first-order chi connectivity index (χ1) is 5.56. The van der Waals surface area contributed by atoms with Gasteiger partial charge in [-0.3, -0.25) is 4.79 Å². The van der Waals surface area contributed by atoms with Crippen molar-refractivity contribution in [2.75, 3.05) is 13.1 Å². The van der Waals surface area contributed by atoms with Crippen LogP contribution in [0.15, 0.2) is 0 Å². The van der Waals surface area contributed by atoms with E-state index >= 15 is 0 Å². The van der Waals surface area contributed by atoms with Crippen molar-refractivity contribution in [2.24, 2.45) is 0 Å². The summed E-state index contributed by atoms with van der Waals surface area (Å²) in [5, 5.41) is 4.79. The van der Waals surface area contributed by atoms with E-state index in [4.69, 9.17) is 0 Å². The van der Waals surface area contributed by atoms with E-state index in [0.717, 1.165) is 0 Å². The van der Waals surface area contributed by atoms with Crippen molar-refractivity contribution in [1.82, 2.24) is 10.6 Å². The van der Waals surface area contributed by atoms with Crippen LogP contribution >= 0.6 is 0 Å². The first kappa shape index (κ1) is 9.38. The third kappa shape index (κ3) is 1.91. The SMILES string of the molecule is CCC(=O)NC1CNCC1(F)F. The molecule has 12 heavy (non-hydrogen) atoms. The Labute approximate surface area is 69.5 Å². The Morgan fingerprint density at radius 3 is 2.83 bits per heavy atom. The van der Waals surface area contributed by atoms with Crippen molar-refractivity contribution in [3.8, 4) is 0 Å². The molecule has 1 amide bonds. The highest BCUT2D eigenvalue weighted by Gasteiger charge is 2.44. The van der Waals surface area contributed by atoms with E-state index in [2.05, 4.69) is 10.6 Å². The minimum atomic E-state index is -2.80. The molecule has 0 aromatic rings. The van der Waals surface area contributed by atoms with Crippen LogP contribution in [0, 0.1) is 0 Å². The summed E-state index contributed by atoms with van der Waals surface area (Å²) in [6.45, 7) is 1.44. The standard InChI is InChI=1S/C7H12F2N2O/c1-2-6(12)11-5-3-10-4-7(5,8)9/h5,10H,2-4H2,1H3,(H,11,12). The monoisotopic (exact) mass is 178 g/mol. The van der Waals surface area contributed by atoms with Gasteiger partial charge in [0.25, 0.3) is 5.92 Å². The number of rotatable bonds is 2. The molecule has 2 N–H and O–H groups in total. The first-order valence-corrected chi connectivity index (χ1v) is 3.94. The predicted molar refractivity (Wildman–Crippen MR) is 40.0 cm³/mol. The Morgan fingerprint density at radius 2 is 2.42 bits per heavy atom. The van der Waals surface area contributed by atoms with Crippen molar-refractivity contribution < 1.29 is 13.6 Å². The number of halogens is 2. The second-order valence-corrected chi connectivity index (χ2v) is 2.87. The van der Waals surface area contributed by atoms with Gasteiger partial charge in [0.1, 0.15) is 6.04 Å². The maximum Gasteiger partial charge on any atom is 0.281 e. The van der Waals surface area contributed by atoms with Gasteiger partial charge in [0.2, 0.25) is 5.91 Å². The van der Waals surface area contributed by atoms with Gasteiger partial charge in [0, 0.05) is 13.0 Å². The summed E-state index contributed by atoms with van der Waals surface area (Å²) in [5.74, 6) is -3.13. The van der Waals surface area contributed by atoms with Crippen molar-refractivity contribution in [3.63, 3.8) is 0 Å². The largest absolute Gasteiger partial charge is 0.346 e. The van der Waals surface area contributed by atoms with Crippen molar-refractivity contribution in [1.29, 1.82) is 0 Å². The van der Waals surface area contributed by atoms with Gasteiger partial charge in [-0.15, -0.1) is 0 Å². The van der Waals surface area contributed by atoms with E-state index in [0.29, 0.717) is 0 Å². The maximum absolute atomic E-state index is 12.8. The lowest BCUT2D eigenvalue weighted by atomic mass is 10.2. The van der Waals surface area contributed by atoms with E-state index in [-0.39, 0.29) is 25.4 Å². The molecule has 1 aliphatic rings. The summed E-state index contributed by atoms with van der Waals surface area (Å²) in [4.78, 5) is 10.8. The zero-order chi connectivity index (χ0) is 9.19. The molecule has 1 fully saturated rings. The molecule has 0 aliphatic carbocycles. The van der Waals surface area contributed by atoms with Gasteiger partial charge in [0.05, 0.1) is 6.54 Å². The third-order valence-corrected chi connectivity index (χ3v) is 1.88. The average molecular weight is 178 g/mol. The fourth-order valence-corrected chi connectivity index (χ4v) is 1.11. The topological polar surface area (TPSA) is 41.1 Å². The number of nitrogens with one attached hydrogen (secondary N) is 2. The molecule has 1 rings (SSSR count). The van der Waals surface area contributed by atoms with Crippen LogP contribution in [-0.4, -0.2) is 31.0 Å². The molecule has 70 valence electrons. The van der Waals surface area contributed by atoms with Crippen LogP contribution in [-0.2, 0) is 4.79 Å². The summed E-state index contributed by atoms with van der Waals surface area (Å²) >= 11 is 0. The number of carbonyl (C=O) groups excluding carboxylic acids is 1. The number of hydrogen-bond donors (Lipinski definition) is 2. The Balaban J connectivity index is 2.47. The van der Waals surface area contributed by atoms with Gasteiger partial charge in [0.15, 0.2) is 0 Å². The Kier molecular flexibility index (Phi) is 2.62. The minimum Gasteiger partial charge on any atom is -0.346 e. The van der Waals surface area contributed by atoms with E-state index in [9.17, 15) is 13.6 Å². The Morgan fingerprint density at radius 1 is 1.75 bits per heavy atom. The highest BCUT2D eigenvalue weighted by Crippen LogP contribution is 2.21. The van der Waals surface area contributed by atoms with Crippen LogP contribution in [0.2, 0.25) is 0 Å². The number of amides is 1. The van der Waals surface area contributed by atoms with E-state index in [1.54, 1.807) is 6.92 Å². The quantitative estimate of drug-likeness (QED) is 0.630. The van der Waals surface area contributed by atoms with Crippen LogP contribution in [0.5, 0.6) is 0 Å². The Bertz CT molecular complexity index is 184. The van der Waals surface area contributed by atoms with Crippen LogP contribution < -0.4 is 10.6 Å². The molecule has 0 aromatic carbocycles. The molecule has 1 atom stereocenters. The van der Waals surface area contributed by atoms with Crippen LogP contribution in [0.3, 0.4) is 0 Å². The molecule has 1 unspecified atom stereocenters. The van der Waals surface area contributed by atoms with Crippen LogP contribution in [0.4, 0.5) is 8.78 Å². The predicted octanol–water partition coefficient (Wildman–Crippen LogP) is 0.120. The van der Waals surface area contributed by atoms with Crippen molar-refractivity contribution >= 4 is 5.91 Å². The molecular weight excluding hydrogens is 166 g/mol. The summed E-state index contributed by atoms with van der Waals surface area (Å²) in [6, 6.07) is -1.04. The second kappa shape index (κ2) is 3.35. The van der Waals surface area contributed by atoms with Gasteiger partial charge in [-0.2, -0.15) is 0 Å². The van der Waals surface area contributed by atoms with E-state index in [1.807, 2.05) is 0 Å². The van der Waals surface area contributed by atoms with E-state index < -0.39 is 12.0 Å². The number of alkyl halides is 2. The smallest absolute Gasteiger partial charge is 0.281 e. The van der Waals surface area contributed by atoms with E-state index in [1.165, 1.54) is 0 Å². The summed E-state index contributed by atoms with van der Waals surface area (Å²) in [7, 11) is 0. The summed E-state index contributed by atoms with van der Waals surface area (Å²) in [6.07, 6.45) is 0.243. The number of carbonyl (C=O) groups is 1. The fraction of sp³-hybridized carbons (Fsp3) is 0.857. The molecule has 1 heterocycles. The summed E-state index contributed by atoms with van der Waals surface area (Å²) < 4.78 is 25.7. The van der Waals surface area contributed by atoms with Gasteiger partial charge in [-0.25, -0.2) is 8.78 Å². The maximum atomic E-state index is 12.8. The highest BCUT2D eigenvalue weighted by molar-refractivity contribution is 5.76. The molecule has 0 bridgehead atoms. The van der Waals surface area contributed by atoms with Crippen LogP contribution in [0.1, 0.15) is 13.3 Å². The third-order valence-electron chi connectivity index (χ3n) is 1.88. The zero-order valence-corrected chi connectivity index (χ0v) is 6.86. The lowest BCUT2D eigenvalue weighted by Gasteiger charge is -2.18. The molecule has 0 spiro atoms. The zero-order valence-electron chi connectivity index (χ0n) is 6.86. The van der Waals surface area contributed by atoms with Gasteiger partial charge < -0.3 is 10.6 Å². The average Bonchev–Trinajstić information content (AvgIpc) is 2.31. The lowest BCUT2D eigenvalue weighted by molar-refractivity contribution is -0.123. The molecule has 1 saturated heterocycles. The molecule has 5 heteroatoms.